The second-order valence-corrected chi connectivity index (χ2v) is 13.0. The highest BCUT2D eigenvalue weighted by Gasteiger charge is 2.58. The Balaban J connectivity index is 0.000000537. The number of Topliss-reactive ketones (excluding diaryl/α,β-unsaturated/α-hetero) is 1. The van der Waals surface area contributed by atoms with E-state index in [1.54, 1.807) is 36.7 Å². The summed E-state index contributed by atoms with van der Waals surface area (Å²) in [6.45, 7) is 9.35. The van der Waals surface area contributed by atoms with Crippen LogP contribution in [0.5, 0.6) is 0 Å². The number of benzene rings is 2. The van der Waals surface area contributed by atoms with Crippen LogP contribution in [0.4, 0.5) is 0 Å². The highest BCUT2D eigenvalue weighted by Crippen LogP contribution is 2.44. The monoisotopic (exact) mass is 640 g/mol. The van der Waals surface area contributed by atoms with Gasteiger partial charge in [0.1, 0.15) is 5.41 Å². The molecular formula is C33H44N4O7S. The number of ketones is 1. The Bertz CT molecular complexity index is 1520. The van der Waals surface area contributed by atoms with E-state index in [1.165, 1.54) is 18.3 Å². The number of nitrogens with one attached hydrogen (secondary N) is 2. The lowest BCUT2D eigenvalue weighted by Gasteiger charge is -2.40. The normalized spacial score (nSPS) is 18.0. The average Bonchev–Trinajstić information content (AvgIpc) is 3.40. The second-order valence-electron chi connectivity index (χ2n) is 11.6. The Labute approximate surface area is 265 Å². The largest absolute Gasteiger partial charge is 0.295 e. The van der Waals surface area contributed by atoms with E-state index in [4.69, 9.17) is 10.4 Å². The smallest absolute Gasteiger partial charge is 0.294 e. The fraction of sp³-hybridized carbons (Fsp3) is 0.394. The third kappa shape index (κ3) is 9.51. The Morgan fingerprint density at radius 3 is 2.16 bits per heavy atom. The van der Waals surface area contributed by atoms with Gasteiger partial charge in [0.05, 0.1) is 10.8 Å². The van der Waals surface area contributed by atoms with Gasteiger partial charge in [-0.2, -0.15) is 8.42 Å². The van der Waals surface area contributed by atoms with Crippen molar-refractivity contribution in [3.05, 3.63) is 83.4 Å². The zero-order valence-electron chi connectivity index (χ0n) is 26.4. The lowest BCUT2D eigenvalue weighted by Crippen LogP contribution is -2.59. The molecule has 2 aromatic rings. The van der Waals surface area contributed by atoms with Crippen LogP contribution in [0.2, 0.25) is 0 Å². The number of hydrogen-bond acceptors (Lipinski definition) is 8. The molecule has 0 fully saturated rings. The first-order valence-corrected chi connectivity index (χ1v) is 16.1. The van der Waals surface area contributed by atoms with E-state index in [2.05, 4.69) is 10.4 Å². The van der Waals surface area contributed by atoms with E-state index in [1.807, 2.05) is 64.1 Å². The molecule has 244 valence electrons. The van der Waals surface area contributed by atoms with Crippen LogP contribution in [0.3, 0.4) is 0 Å². The Morgan fingerprint density at radius 1 is 1.07 bits per heavy atom. The molecule has 0 aromatic heterocycles. The van der Waals surface area contributed by atoms with Crippen molar-refractivity contribution in [1.82, 2.24) is 10.9 Å². The van der Waals surface area contributed by atoms with Gasteiger partial charge in [-0.3, -0.25) is 34.6 Å². The molecule has 12 heteroatoms. The van der Waals surface area contributed by atoms with Crippen LogP contribution in [-0.4, -0.2) is 47.5 Å². The molecule has 1 unspecified atom stereocenters. The molecule has 0 radical (unpaired) electrons. The second kappa shape index (κ2) is 16.4. The first-order chi connectivity index (χ1) is 21.2. The third-order valence-corrected chi connectivity index (χ3v) is 8.35. The molecule has 3 atom stereocenters. The number of amides is 2. The maximum absolute atomic E-state index is 14.4. The summed E-state index contributed by atoms with van der Waals surface area (Å²) in [4.78, 5) is 44.9. The number of hydrazine groups is 1. The summed E-state index contributed by atoms with van der Waals surface area (Å²) in [5.74, 6) is 2.63. The third-order valence-electron chi connectivity index (χ3n) is 7.49. The molecule has 6 N–H and O–H groups in total. The van der Waals surface area contributed by atoms with Crippen LogP contribution in [0.1, 0.15) is 64.5 Å². The summed E-state index contributed by atoms with van der Waals surface area (Å²) in [6, 6.07) is 15.5. The zero-order chi connectivity index (χ0) is 33.8. The Kier molecular flexibility index (Phi) is 13.5. The number of allylic oxidation sites excluding steroid dienone is 2. The van der Waals surface area contributed by atoms with Gasteiger partial charge in [0.15, 0.2) is 11.3 Å². The molecule has 2 aromatic carbocycles. The van der Waals surface area contributed by atoms with Gasteiger partial charge in [0.25, 0.3) is 10.1 Å². The molecule has 45 heavy (non-hydrogen) atoms. The van der Waals surface area contributed by atoms with Crippen molar-refractivity contribution in [3.63, 3.8) is 0 Å². The molecule has 0 spiro atoms. The molecule has 3 rings (SSSR count). The number of nitrogens with zero attached hydrogens (tertiary/aromatic N) is 1. The number of carbonyl (C=O) groups excluding carboxylic acids is 3. The van der Waals surface area contributed by atoms with Gasteiger partial charge in [0.2, 0.25) is 11.8 Å². The summed E-state index contributed by atoms with van der Waals surface area (Å²) in [6.07, 6.45) is 7.94. The van der Waals surface area contributed by atoms with Crippen LogP contribution < -0.4 is 16.7 Å². The molecule has 0 bridgehead atoms. The minimum Gasteiger partial charge on any atom is -0.295 e. The van der Waals surface area contributed by atoms with Crippen LogP contribution in [0, 0.1) is 24.2 Å². The SMILES string of the molecule is CCCC(CC(C)C)(C(=O)NN)C(=O)[C@]1([C@H](C/C=C/c2ccccc2)C(=O)NO)C=C(C)C=N1.Cc1ccc(S(=O)(=O)O)cc1. The van der Waals surface area contributed by atoms with Crippen molar-refractivity contribution in [2.45, 2.75) is 70.7 Å². The van der Waals surface area contributed by atoms with Gasteiger partial charge in [0, 0.05) is 6.21 Å². The van der Waals surface area contributed by atoms with Crippen molar-refractivity contribution < 1.29 is 32.6 Å². The molecule has 1 aliphatic rings. The molecule has 0 aliphatic carbocycles. The van der Waals surface area contributed by atoms with Gasteiger partial charge < -0.3 is 0 Å². The van der Waals surface area contributed by atoms with E-state index in [-0.39, 0.29) is 30.1 Å². The first kappa shape index (κ1) is 37.2. The molecule has 1 heterocycles. The predicted molar refractivity (Wildman–Crippen MR) is 174 cm³/mol. The van der Waals surface area contributed by atoms with Crippen molar-refractivity contribution in [1.29, 1.82) is 0 Å². The van der Waals surface area contributed by atoms with Gasteiger partial charge >= 0.3 is 0 Å². The van der Waals surface area contributed by atoms with Crippen molar-refractivity contribution in [2.75, 3.05) is 0 Å². The van der Waals surface area contributed by atoms with E-state index in [9.17, 15) is 28.0 Å². The number of aryl methyl sites for hydroxylation is 1. The van der Waals surface area contributed by atoms with E-state index >= 15 is 0 Å². The summed E-state index contributed by atoms with van der Waals surface area (Å²) in [5.41, 5.74) is 3.32. The molecule has 0 saturated carbocycles. The Hall–Kier alpha value is -3.97. The number of hydrogen-bond donors (Lipinski definition) is 5. The van der Waals surface area contributed by atoms with E-state index < -0.39 is 44.6 Å². The zero-order valence-corrected chi connectivity index (χ0v) is 27.2. The number of nitrogens with two attached hydrogens (primary N) is 1. The summed E-state index contributed by atoms with van der Waals surface area (Å²) in [5, 5.41) is 9.54. The number of carbonyl (C=O) groups is 3. The van der Waals surface area contributed by atoms with Crippen LogP contribution in [0.15, 0.2) is 82.2 Å². The summed E-state index contributed by atoms with van der Waals surface area (Å²) in [7, 11) is -4.02. The molecule has 0 saturated heterocycles. The highest BCUT2D eigenvalue weighted by molar-refractivity contribution is 7.85. The molecule has 2 amide bonds. The van der Waals surface area contributed by atoms with Gasteiger partial charge in [-0.25, -0.2) is 11.3 Å². The number of rotatable bonds is 13. The minimum atomic E-state index is -4.02. The lowest BCUT2D eigenvalue weighted by molar-refractivity contribution is -0.150. The van der Waals surface area contributed by atoms with E-state index in [0.717, 1.165) is 11.1 Å². The minimum absolute atomic E-state index is 0.00315. The van der Waals surface area contributed by atoms with Crippen molar-refractivity contribution in [2.24, 2.45) is 28.1 Å². The van der Waals surface area contributed by atoms with Crippen LogP contribution in [-0.2, 0) is 24.5 Å². The first-order valence-electron chi connectivity index (χ1n) is 14.7. The molecule has 1 aliphatic heterocycles. The number of hydroxylamine groups is 1. The van der Waals surface area contributed by atoms with Gasteiger partial charge in [-0.1, -0.05) is 87.4 Å². The topological polar surface area (TPSA) is 188 Å². The standard InChI is InChI=1S/C26H36N4O4.C7H8O3S/c1-5-14-25(15-18(2)3,24(33)29-27)23(32)26(16-19(4)17-28-26)21(22(31)30-34)13-9-12-20-10-7-6-8-11-20;1-6-2-4-7(5-3-6)11(8,9)10/h6-12,16-18,21,34H,5,13-15,27H2,1-4H3,(H,29,33)(H,30,31);2-5H,1H3,(H,8,9,10)/b12-9+;/t21-,25?,26-;/m1./s1. The van der Waals surface area contributed by atoms with Gasteiger partial charge in [-0.05, 0) is 68.4 Å². The van der Waals surface area contributed by atoms with Gasteiger partial charge in [-0.15, -0.1) is 0 Å². The summed E-state index contributed by atoms with van der Waals surface area (Å²) < 4.78 is 29.6. The molecular weight excluding hydrogens is 596 g/mol. The maximum atomic E-state index is 14.4. The fourth-order valence-electron chi connectivity index (χ4n) is 5.55. The van der Waals surface area contributed by atoms with Crippen LogP contribution in [0.25, 0.3) is 6.08 Å². The predicted octanol–water partition coefficient (Wildman–Crippen LogP) is 4.61. The average molecular weight is 641 g/mol. The fourth-order valence-corrected chi connectivity index (χ4v) is 6.03. The lowest BCUT2D eigenvalue weighted by atomic mass is 9.63. The quantitative estimate of drug-likeness (QED) is 0.0524. The molecule has 11 nitrogen and oxygen atoms in total. The summed E-state index contributed by atoms with van der Waals surface area (Å²) >= 11 is 0. The van der Waals surface area contributed by atoms with Crippen LogP contribution >= 0.6 is 0 Å². The highest BCUT2D eigenvalue weighted by atomic mass is 32.2. The van der Waals surface area contributed by atoms with E-state index in [0.29, 0.717) is 12.0 Å². The Morgan fingerprint density at radius 2 is 1.69 bits per heavy atom. The maximum Gasteiger partial charge on any atom is 0.294 e. The van der Waals surface area contributed by atoms with Crippen molar-refractivity contribution >= 4 is 40.0 Å². The van der Waals surface area contributed by atoms with Crippen molar-refractivity contribution in [3.8, 4) is 0 Å². The number of aliphatic imine (C=N–C) groups is 1.